The Labute approximate surface area is 177 Å². The van der Waals surface area contributed by atoms with E-state index in [1.54, 1.807) is 12.1 Å². The van der Waals surface area contributed by atoms with E-state index < -0.39 is 11.7 Å². The average Bonchev–Trinajstić information content (AvgIpc) is 2.73. The number of thiocarbonyl (C=S) groups is 1. The van der Waals surface area contributed by atoms with Gasteiger partial charge < -0.3 is 4.90 Å². The third-order valence-corrected chi connectivity index (χ3v) is 7.59. The molecule has 4 nitrogen and oxygen atoms in total. The molecule has 154 valence electrons. The molecule has 1 amide bonds. The van der Waals surface area contributed by atoms with Crippen molar-refractivity contribution in [2.75, 3.05) is 19.6 Å². The first-order chi connectivity index (χ1) is 14.1. The second kappa shape index (κ2) is 7.80. The number of halogens is 1. The van der Waals surface area contributed by atoms with E-state index in [9.17, 15) is 9.18 Å². The van der Waals surface area contributed by atoms with Crippen molar-refractivity contribution in [3.8, 4) is 0 Å². The van der Waals surface area contributed by atoms with Crippen LogP contribution in [0, 0.1) is 17.7 Å². The highest BCUT2D eigenvalue weighted by Crippen LogP contribution is 2.45. The number of piperidine rings is 3. The highest BCUT2D eigenvalue weighted by atomic mass is 32.1. The lowest BCUT2D eigenvalue weighted by molar-refractivity contribution is 0.0127. The minimum Gasteiger partial charge on any atom is -0.342 e. The Hall–Kier alpha value is -1.79. The molecule has 1 N–H and O–H groups in total. The highest BCUT2D eigenvalue weighted by Gasteiger charge is 2.46. The summed E-state index contributed by atoms with van der Waals surface area (Å²) < 4.78 is 14.0. The Morgan fingerprint density at radius 3 is 2.90 bits per heavy atom. The van der Waals surface area contributed by atoms with Crippen LogP contribution in [-0.4, -0.2) is 52.5 Å². The molecular formula is C23H28FN3OS. The van der Waals surface area contributed by atoms with Crippen LogP contribution < -0.4 is 5.32 Å². The van der Waals surface area contributed by atoms with Crippen molar-refractivity contribution in [1.29, 1.82) is 0 Å². The van der Waals surface area contributed by atoms with E-state index in [-0.39, 0.29) is 11.6 Å². The van der Waals surface area contributed by atoms with E-state index >= 15 is 0 Å². The Morgan fingerprint density at radius 1 is 1.17 bits per heavy atom. The summed E-state index contributed by atoms with van der Waals surface area (Å²) in [5.41, 5.74) is 1.55. The lowest BCUT2D eigenvalue weighted by Gasteiger charge is -2.55. The van der Waals surface area contributed by atoms with Crippen molar-refractivity contribution in [3.63, 3.8) is 0 Å². The minimum atomic E-state index is -0.518. The SMILES string of the molecule is O=C(NC(=S)N1CCCC2=CC3CC(CN4CCCC[C@H]34)[C@@H]21)c1ccccc1F. The molecule has 0 aromatic heterocycles. The third-order valence-electron chi connectivity index (χ3n) is 7.26. The van der Waals surface area contributed by atoms with Gasteiger partial charge in [-0.15, -0.1) is 0 Å². The number of fused-ring (bicyclic) bond motifs is 6. The number of rotatable bonds is 1. The van der Waals surface area contributed by atoms with Crippen molar-refractivity contribution >= 4 is 23.2 Å². The molecule has 3 fully saturated rings. The van der Waals surface area contributed by atoms with Crippen LogP contribution in [0.15, 0.2) is 35.9 Å². The van der Waals surface area contributed by atoms with Gasteiger partial charge in [-0.3, -0.25) is 15.0 Å². The zero-order chi connectivity index (χ0) is 20.0. The quantitative estimate of drug-likeness (QED) is 0.562. The van der Waals surface area contributed by atoms with Crippen molar-refractivity contribution < 1.29 is 9.18 Å². The molecule has 2 unspecified atom stereocenters. The van der Waals surface area contributed by atoms with Gasteiger partial charge in [0.15, 0.2) is 5.11 Å². The zero-order valence-electron chi connectivity index (χ0n) is 16.6. The largest absolute Gasteiger partial charge is 0.342 e. The second-order valence-corrected chi connectivity index (χ2v) is 9.33. The summed E-state index contributed by atoms with van der Waals surface area (Å²) in [6.45, 7) is 3.19. The molecular weight excluding hydrogens is 385 g/mol. The van der Waals surface area contributed by atoms with Gasteiger partial charge in [-0.05, 0) is 74.8 Å². The molecule has 1 aliphatic carbocycles. The van der Waals surface area contributed by atoms with E-state index in [0.717, 1.165) is 32.0 Å². The van der Waals surface area contributed by atoms with Gasteiger partial charge in [0.05, 0.1) is 11.6 Å². The fourth-order valence-electron chi connectivity index (χ4n) is 6.08. The maximum atomic E-state index is 14.0. The molecule has 3 aliphatic heterocycles. The normalized spacial score (nSPS) is 31.3. The van der Waals surface area contributed by atoms with Crippen molar-refractivity contribution in [2.45, 2.75) is 50.6 Å². The summed E-state index contributed by atoms with van der Waals surface area (Å²) in [5.74, 6) is 0.244. The summed E-state index contributed by atoms with van der Waals surface area (Å²) in [6, 6.07) is 7.05. The molecule has 4 atom stereocenters. The van der Waals surface area contributed by atoms with Crippen molar-refractivity contribution in [2.24, 2.45) is 11.8 Å². The molecule has 3 heterocycles. The maximum absolute atomic E-state index is 14.0. The van der Waals surface area contributed by atoms with Crippen LogP contribution in [0.3, 0.4) is 0 Å². The topological polar surface area (TPSA) is 35.6 Å². The summed E-state index contributed by atoms with van der Waals surface area (Å²) in [5, 5.41) is 3.25. The summed E-state index contributed by atoms with van der Waals surface area (Å²) in [4.78, 5) is 17.5. The molecule has 1 aromatic rings. The molecule has 29 heavy (non-hydrogen) atoms. The van der Waals surface area contributed by atoms with Crippen LogP contribution in [0.1, 0.15) is 48.9 Å². The van der Waals surface area contributed by atoms with Crippen LogP contribution in [0.2, 0.25) is 0 Å². The molecule has 0 radical (unpaired) electrons. The summed E-state index contributed by atoms with van der Waals surface area (Å²) in [7, 11) is 0. The van der Waals surface area contributed by atoms with E-state index in [4.69, 9.17) is 12.2 Å². The van der Waals surface area contributed by atoms with E-state index in [1.807, 2.05) is 0 Å². The van der Waals surface area contributed by atoms with Gasteiger partial charge in [-0.25, -0.2) is 4.39 Å². The fourth-order valence-corrected chi connectivity index (χ4v) is 6.38. The molecule has 0 spiro atoms. The first-order valence-corrected chi connectivity index (χ1v) is 11.3. The number of amides is 1. The summed E-state index contributed by atoms with van der Waals surface area (Å²) in [6.07, 6.45) is 9.92. The summed E-state index contributed by atoms with van der Waals surface area (Å²) >= 11 is 5.66. The van der Waals surface area contributed by atoms with Crippen LogP contribution in [-0.2, 0) is 0 Å². The second-order valence-electron chi connectivity index (χ2n) is 8.94. The smallest absolute Gasteiger partial charge is 0.260 e. The number of nitrogens with zero attached hydrogens (tertiary/aromatic N) is 2. The first-order valence-electron chi connectivity index (χ1n) is 10.9. The molecule has 3 saturated heterocycles. The van der Waals surface area contributed by atoms with Crippen molar-refractivity contribution in [1.82, 2.24) is 15.1 Å². The average molecular weight is 414 g/mol. The molecule has 1 aromatic carbocycles. The predicted octanol–water partition coefficient (Wildman–Crippen LogP) is 3.74. The third kappa shape index (κ3) is 3.50. The number of likely N-dealkylation sites (tertiary alicyclic amines) is 1. The number of nitrogens with one attached hydrogen (secondary N) is 1. The first kappa shape index (κ1) is 19.2. The number of hydrogen-bond acceptors (Lipinski definition) is 3. The molecule has 0 saturated carbocycles. The molecule has 5 rings (SSSR count). The lowest BCUT2D eigenvalue weighted by Crippen LogP contribution is -2.61. The fraction of sp³-hybridized carbons (Fsp3) is 0.565. The number of carbonyl (C=O) groups is 1. The van der Waals surface area contributed by atoms with E-state index in [1.165, 1.54) is 49.9 Å². The van der Waals surface area contributed by atoms with E-state index in [2.05, 4.69) is 21.2 Å². The van der Waals surface area contributed by atoms with Gasteiger partial charge in [0.25, 0.3) is 5.91 Å². The van der Waals surface area contributed by atoms with Crippen LogP contribution in [0.5, 0.6) is 0 Å². The van der Waals surface area contributed by atoms with Crippen LogP contribution in [0.4, 0.5) is 4.39 Å². The molecule has 6 heteroatoms. The minimum absolute atomic E-state index is 0.0418. The number of carbonyl (C=O) groups excluding carboxylic acids is 1. The zero-order valence-corrected chi connectivity index (χ0v) is 17.5. The van der Waals surface area contributed by atoms with Crippen molar-refractivity contribution in [3.05, 3.63) is 47.3 Å². The van der Waals surface area contributed by atoms with E-state index in [0.29, 0.717) is 16.9 Å². The van der Waals surface area contributed by atoms with Gasteiger partial charge >= 0.3 is 0 Å². The lowest BCUT2D eigenvalue weighted by atomic mass is 9.68. The monoisotopic (exact) mass is 413 g/mol. The molecule has 2 bridgehead atoms. The van der Waals surface area contributed by atoms with Gasteiger partial charge in [-0.1, -0.05) is 30.2 Å². The Morgan fingerprint density at radius 2 is 2.03 bits per heavy atom. The number of benzene rings is 1. The standard InChI is InChI=1S/C23H28FN3OS/c24-19-8-2-1-7-18(19)22(28)25-23(29)27-11-5-6-15-12-16-13-17(21(15)27)14-26-10-4-3-9-20(16)26/h1-2,7-8,12,16-17,20-21H,3-6,9-11,13-14H2,(H,25,28,29)/t16?,17?,20-,21-/m1/s1. The Balaban J connectivity index is 1.36. The maximum Gasteiger partial charge on any atom is 0.260 e. The van der Waals surface area contributed by atoms with Gasteiger partial charge in [0, 0.05) is 19.1 Å². The Bertz CT molecular complexity index is 856. The van der Waals surface area contributed by atoms with Gasteiger partial charge in [0.1, 0.15) is 5.82 Å². The van der Waals surface area contributed by atoms with Crippen LogP contribution >= 0.6 is 12.2 Å². The highest BCUT2D eigenvalue weighted by molar-refractivity contribution is 7.80. The Kier molecular flexibility index (Phi) is 5.16. The number of hydrogen-bond donors (Lipinski definition) is 1. The van der Waals surface area contributed by atoms with Crippen LogP contribution in [0.25, 0.3) is 0 Å². The predicted molar refractivity (Wildman–Crippen MR) is 115 cm³/mol. The van der Waals surface area contributed by atoms with Gasteiger partial charge in [-0.2, -0.15) is 0 Å². The molecule has 4 aliphatic rings. The van der Waals surface area contributed by atoms with Gasteiger partial charge in [0.2, 0.25) is 0 Å².